The lowest BCUT2D eigenvalue weighted by atomic mass is 10.2. The maximum Gasteiger partial charge on any atom is 0.230 e. The van der Waals surface area contributed by atoms with Crippen LogP contribution in [-0.4, -0.2) is 26.0 Å². The molecule has 0 unspecified atom stereocenters. The van der Waals surface area contributed by atoms with Gasteiger partial charge in [-0.1, -0.05) is 23.7 Å². The van der Waals surface area contributed by atoms with Crippen molar-refractivity contribution in [3.63, 3.8) is 0 Å². The summed E-state index contributed by atoms with van der Waals surface area (Å²) in [6.45, 7) is 0. The van der Waals surface area contributed by atoms with E-state index in [-0.39, 0.29) is 18.1 Å². The number of amides is 1. The first kappa shape index (κ1) is 18.5. The van der Waals surface area contributed by atoms with Crippen LogP contribution in [0.3, 0.4) is 0 Å². The number of thiazole rings is 1. The molecule has 3 heterocycles. The number of thiophene rings is 1. The van der Waals surface area contributed by atoms with Gasteiger partial charge in [0.2, 0.25) is 5.91 Å². The first-order valence-corrected chi connectivity index (χ1v) is 10.3. The van der Waals surface area contributed by atoms with E-state index in [9.17, 15) is 9.90 Å². The van der Waals surface area contributed by atoms with Gasteiger partial charge in [0.1, 0.15) is 10.8 Å². The Morgan fingerprint density at radius 1 is 1.18 bits per heavy atom. The van der Waals surface area contributed by atoms with E-state index in [0.29, 0.717) is 27.1 Å². The predicted octanol–water partition coefficient (Wildman–Crippen LogP) is 4.87. The van der Waals surface area contributed by atoms with Gasteiger partial charge < -0.3 is 10.4 Å². The highest BCUT2D eigenvalue weighted by molar-refractivity contribution is 7.23. The minimum absolute atomic E-state index is 0.144. The largest absolute Gasteiger partial charge is 0.508 e. The summed E-state index contributed by atoms with van der Waals surface area (Å²) < 4.78 is 0.707. The first-order valence-electron chi connectivity index (χ1n) is 8.18. The number of benzene rings is 1. The van der Waals surface area contributed by atoms with Gasteiger partial charge in [0.25, 0.3) is 0 Å². The Balaban J connectivity index is 1.39. The second kappa shape index (κ2) is 8.05. The van der Waals surface area contributed by atoms with Crippen molar-refractivity contribution >= 4 is 45.9 Å². The molecule has 0 saturated heterocycles. The van der Waals surface area contributed by atoms with Gasteiger partial charge in [-0.25, -0.2) is 15.0 Å². The third-order valence-corrected chi connectivity index (χ3v) is 6.01. The lowest BCUT2D eigenvalue weighted by Crippen LogP contribution is -2.15. The van der Waals surface area contributed by atoms with Gasteiger partial charge >= 0.3 is 0 Å². The molecule has 4 aromatic rings. The molecule has 1 aromatic carbocycles. The number of carbonyl (C=O) groups is 1. The number of anilines is 1. The molecule has 1 amide bonds. The molecule has 4 rings (SSSR count). The Kier molecular flexibility index (Phi) is 5.34. The average Bonchev–Trinajstić information content (AvgIpc) is 3.31. The Morgan fingerprint density at radius 2 is 2.00 bits per heavy atom. The molecule has 6 nitrogen and oxygen atoms in total. The standard InChI is InChI=1S/C19H13ClN4O2S2/c20-16-5-4-15(28-16)19-24-12(10-27-19)7-17(26)23-13-8-21-18(22-9-13)11-2-1-3-14(25)6-11/h1-6,8-10,25H,7H2,(H,23,26). The highest BCUT2D eigenvalue weighted by Gasteiger charge is 2.11. The van der Waals surface area contributed by atoms with Gasteiger partial charge in [-0.3, -0.25) is 4.79 Å². The maximum absolute atomic E-state index is 12.3. The van der Waals surface area contributed by atoms with Crippen LogP contribution < -0.4 is 5.32 Å². The van der Waals surface area contributed by atoms with Crippen molar-refractivity contribution in [1.82, 2.24) is 15.0 Å². The lowest BCUT2D eigenvalue weighted by molar-refractivity contribution is -0.115. The number of halogens is 1. The predicted molar refractivity (Wildman–Crippen MR) is 112 cm³/mol. The highest BCUT2D eigenvalue weighted by atomic mass is 35.5. The summed E-state index contributed by atoms with van der Waals surface area (Å²) in [6.07, 6.45) is 3.22. The Labute approximate surface area is 173 Å². The van der Waals surface area contributed by atoms with Crippen LogP contribution in [-0.2, 0) is 11.2 Å². The molecule has 2 N–H and O–H groups in total. The van der Waals surface area contributed by atoms with Gasteiger partial charge in [-0.2, -0.15) is 0 Å². The van der Waals surface area contributed by atoms with Gasteiger partial charge in [-0.05, 0) is 24.3 Å². The summed E-state index contributed by atoms with van der Waals surface area (Å²) in [4.78, 5) is 26.2. The van der Waals surface area contributed by atoms with Crippen LogP contribution in [0.15, 0.2) is 54.2 Å². The van der Waals surface area contributed by atoms with E-state index >= 15 is 0 Å². The van der Waals surface area contributed by atoms with Crippen molar-refractivity contribution in [2.75, 3.05) is 5.32 Å². The van der Waals surface area contributed by atoms with E-state index in [1.54, 1.807) is 24.3 Å². The Morgan fingerprint density at radius 3 is 2.71 bits per heavy atom. The SMILES string of the molecule is O=C(Cc1csc(-c2ccc(Cl)s2)n1)Nc1cnc(-c2cccc(O)c2)nc1. The molecule has 0 bridgehead atoms. The van der Waals surface area contributed by atoms with Crippen molar-refractivity contribution in [3.05, 3.63) is 64.2 Å². The molecule has 0 saturated carbocycles. The fraction of sp³-hybridized carbons (Fsp3) is 0.0526. The zero-order valence-electron chi connectivity index (χ0n) is 14.3. The summed E-state index contributed by atoms with van der Waals surface area (Å²) in [5.41, 5.74) is 1.88. The van der Waals surface area contributed by atoms with E-state index in [1.165, 1.54) is 35.1 Å². The van der Waals surface area contributed by atoms with Crippen molar-refractivity contribution in [3.8, 4) is 27.0 Å². The third-order valence-electron chi connectivity index (χ3n) is 3.72. The van der Waals surface area contributed by atoms with Crippen LogP contribution in [0.5, 0.6) is 5.75 Å². The minimum Gasteiger partial charge on any atom is -0.508 e. The minimum atomic E-state index is -0.199. The summed E-state index contributed by atoms with van der Waals surface area (Å²) in [6, 6.07) is 10.4. The van der Waals surface area contributed by atoms with Crippen molar-refractivity contribution in [2.45, 2.75) is 6.42 Å². The van der Waals surface area contributed by atoms with Crippen LogP contribution in [0.2, 0.25) is 4.34 Å². The number of aromatic nitrogens is 3. The molecule has 0 aliphatic heterocycles. The summed E-state index contributed by atoms with van der Waals surface area (Å²) in [5.74, 6) is 0.411. The second-order valence-electron chi connectivity index (χ2n) is 5.82. The number of carbonyl (C=O) groups excluding carboxylic acids is 1. The number of nitrogens with zero attached hydrogens (tertiary/aromatic N) is 3. The second-order valence-corrected chi connectivity index (χ2v) is 8.39. The van der Waals surface area contributed by atoms with Crippen LogP contribution in [0.1, 0.15) is 5.69 Å². The van der Waals surface area contributed by atoms with Crippen LogP contribution in [0, 0.1) is 0 Å². The van der Waals surface area contributed by atoms with Crippen LogP contribution in [0.25, 0.3) is 21.3 Å². The molecule has 140 valence electrons. The fourth-order valence-corrected chi connectivity index (χ4v) is 4.42. The van der Waals surface area contributed by atoms with E-state index in [1.807, 2.05) is 17.5 Å². The van der Waals surface area contributed by atoms with E-state index in [2.05, 4.69) is 20.3 Å². The van der Waals surface area contributed by atoms with Crippen molar-refractivity contribution in [2.24, 2.45) is 0 Å². The molecular weight excluding hydrogens is 416 g/mol. The molecule has 3 aromatic heterocycles. The van der Waals surface area contributed by atoms with Gasteiger partial charge in [0.15, 0.2) is 5.82 Å². The molecule has 0 spiro atoms. The van der Waals surface area contributed by atoms with Crippen LogP contribution >= 0.6 is 34.3 Å². The highest BCUT2D eigenvalue weighted by Crippen LogP contribution is 2.33. The molecule has 0 atom stereocenters. The number of aromatic hydroxyl groups is 1. The number of phenolic OH excluding ortho intramolecular Hbond substituents is 1. The summed E-state index contributed by atoms with van der Waals surface area (Å²) >= 11 is 8.89. The van der Waals surface area contributed by atoms with E-state index < -0.39 is 0 Å². The lowest BCUT2D eigenvalue weighted by Gasteiger charge is -2.05. The topological polar surface area (TPSA) is 88.0 Å². The van der Waals surface area contributed by atoms with E-state index in [4.69, 9.17) is 11.6 Å². The molecule has 0 fully saturated rings. The van der Waals surface area contributed by atoms with E-state index in [0.717, 1.165) is 9.88 Å². The Hall–Kier alpha value is -2.81. The van der Waals surface area contributed by atoms with Gasteiger partial charge in [0.05, 0.1) is 39.4 Å². The van der Waals surface area contributed by atoms with Crippen LogP contribution in [0.4, 0.5) is 5.69 Å². The molecule has 9 heteroatoms. The fourth-order valence-electron chi connectivity index (χ4n) is 2.49. The number of hydrogen-bond acceptors (Lipinski definition) is 7. The third kappa shape index (κ3) is 4.36. The average molecular weight is 429 g/mol. The van der Waals surface area contributed by atoms with Gasteiger partial charge in [0, 0.05) is 10.9 Å². The maximum atomic E-state index is 12.3. The monoisotopic (exact) mass is 428 g/mol. The smallest absolute Gasteiger partial charge is 0.230 e. The quantitative estimate of drug-likeness (QED) is 0.473. The summed E-state index contributed by atoms with van der Waals surface area (Å²) in [7, 11) is 0. The Bertz CT molecular complexity index is 1120. The molecule has 28 heavy (non-hydrogen) atoms. The molecule has 0 aliphatic rings. The number of phenols is 1. The number of rotatable bonds is 5. The summed E-state index contributed by atoms with van der Waals surface area (Å²) in [5, 5.41) is 15.0. The van der Waals surface area contributed by atoms with Gasteiger partial charge in [-0.15, -0.1) is 22.7 Å². The molecule has 0 radical (unpaired) electrons. The first-order chi connectivity index (χ1) is 13.6. The van der Waals surface area contributed by atoms with Crippen molar-refractivity contribution < 1.29 is 9.90 Å². The van der Waals surface area contributed by atoms with Crippen molar-refractivity contribution in [1.29, 1.82) is 0 Å². The molecular formula is C19H13ClN4O2S2. The zero-order chi connectivity index (χ0) is 19.5. The zero-order valence-corrected chi connectivity index (χ0v) is 16.7. The number of hydrogen-bond donors (Lipinski definition) is 2. The molecule has 0 aliphatic carbocycles. The normalized spacial score (nSPS) is 10.8. The number of nitrogens with one attached hydrogen (secondary N) is 1.